The Balaban J connectivity index is 0.00000240. The molecule has 4 rings (SSSR count). The van der Waals surface area contributed by atoms with E-state index in [1.807, 2.05) is 42.5 Å². The fraction of sp³-hybridized carbons (Fsp3) is 0.364. The number of hydrogen-bond acceptors (Lipinski definition) is 3. The van der Waals surface area contributed by atoms with Crippen molar-refractivity contribution in [1.82, 2.24) is 20.6 Å². The van der Waals surface area contributed by atoms with E-state index in [0.717, 1.165) is 48.0 Å². The van der Waals surface area contributed by atoms with Crippen molar-refractivity contribution in [2.45, 2.75) is 38.3 Å². The van der Waals surface area contributed by atoms with Gasteiger partial charge in [0.2, 0.25) is 0 Å². The van der Waals surface area contributed by atoms with E-state index in [9.17, 15) is 0 Å². The summed E-state index contributed by atoms with van der Waals surface area (Å²) in [4.78, 5) is 12.4. The molecule has 0 amide bonds. The number of nitrogens with zero attached hydrogens (tertiary/aromatic N) is 2. The number of H-pyrrole nitrogens is 1. The molecule has 1 aliphatic heterocycles. The first-order chi connectivity index (χ1) is 13.5. The number of guanidine groups is 1. The summed E-state index contributed by atoms with van der Waals surface area (Å²) in [6.45, 7) is 4.98. The Hall–Kier alpha value is -2.29. The van der Waals surface area contributed by atoms with E-state index in [0.29, 0.717) is 0 Å². The Morgan fingerprint density at radius 1 is 1.21 bits per heavy atom. The van der Waals surface area contributed by atoms with Gasteiger partial charge in [0.05, 0.1) is 17.1 Å². The molecule has 7 heteroatoms. The average molecular weight is 505 g/mol. The van der Waals surface area contributed by atoms with Crippen LogP contribution >= 0.6 is 24.0 Å². The van der Waals surface area contributed by atoms with E-state index in [-0.39, 0.29) is 35.6 Å². The van der Waals surface area contributed by atoms with E-state index in [1.165, 1.54) is 5.56 Å². The number of nitrogens with one attached hydrogen (secondary N) is 3. The van der Waals surface area contributed by atoms with Crippen molar-refractivity contribution in [3.05, 3.63) is 59.9 Å². The fourth-order valence-electron chi connectivity index (χ4n) is 3.71. The highest BCUT2D eigenvalue weighted by molar-refractivity contribution is 14.0. The van der Waals surface area contributed by atoms with Gasteiger partial charge < -0.3 is 20.4 Å². The quantitative estimate of drug-likeness (QED) is 0.283. The van der Waals surface area contributed by atoms with Crippen molar-refractivity contribution in [1.29, 1.82) is 0 Å². The van der Waals surface area contributed by atoms with E-state index in [1.54, 1.807) is 7.05 Å². The number of ether oxygens (including phenoxy) is 1. The highest BCUT2D eigenvalue weighted by Gasteiger charge is 2.33. The average Bonchev–Trinajstić information content (AvgIpc) is 3.09. The first-order valence-corrected chi connectivity index (χ1v) is 9.73. The van der Waals surface area contributed by atoms with Crippen LogP contribution in [0.3, 0.4) is 0 Å². The maximum atomic E-state index is 6.12. The zero-order chi connectivity index (χ0) is 19.6. The number of fused-ring (bicyclic) bond motifs is 2. The van der Waals surface area contributed by atoms with Crippen LogP contribution in [0.25, 0.3) is 11.0 Å². The third-order valence-corrected chi connectivity index (χ3v) is 5.00. The van der Waals surface area contributed by atoms with Crippen molar-refractivity contribution in [2.75, 3.05) is 13.6 Å². The lowest BCUT2D eigenvalue weighted by Crippen LogP contribution is -2.45. The number of aliphatic imine (C=N–C) groups is 1. The van der Waals surface area contributed by atoms with Crippen LogP contribution in [0, 0.1) is 0 Å². The second-order valence-corrected chi connectivity index (χ2v) is 7.75. The number of imidazole rings is 1. The molecule has 6 nitrogen and oxygen atoms in total. The molecule has 3 aromatic rings. The third-order valence-electron chi connectivity index (χ3n) is 5.00. The van der Waals surface area contributed by atoms with Crippen LogP contribution in [-0.4, -0.2) is 35.1 Å². The highest BCUT2D eigenvalue weighted by Crippen LogP contribution is 2.39. The molecule has 1 unspecified atom stereocenters. The summed E-state index contributed by atoms with van der Waals surface area (Å²) in [5.41, 5.74) is 3.02. The van der Waals surface area contributed by atoms with Crippen molar-refractivity contribution < 1.29 is 4.74 Å². The minimum atomic E-state index is -0.223. The molecule has 2 aromatic carbocycles. The summed E-state index contributed by atoms with van der Waals surface area (Å²) in [6, 6.07) is 16.4. The van der Waals surface area contributed by atoms with Gasteiger partial charge >= 0.3 is 0 Å². The van der Waals surface area contributed by atoms with E-state index < -0.39 is 0 Å². The molecule has 0 bridgehead atoms. The van der Waals surface area contributed by atoms with Gasteiger partial charge in [0, 0.05) is 32.0 Å². The number of halogens is 1. The molecule has 0 aliphatic carbocycles. The second kappa shape index (κ2) is 9.02. The Bertz CT molecular complexity index is 965. The van der Waals surface area contributed by atoms with Crippen LogP contribution in [-0.2, 0) is 6.42 Å². The third kappa shape index (κ3) is 5.01. The Labute approximate surface area is 188 Å². The predicted octanol–water partition coefficient (Wildman–Crippen LogP) is 4.19. The first-order valence-electron chi connectivity index (χ1n) is 9.73. The van der Waals surface area contributed by atoms with Crippen LogP contribution < -0.4 is 15.4 Å². The lowest BCUT2D eigenvalue weighted by atomic mass is 9.90. The summed E-state index contributed by atoms with van der Waals surface area (Å²) in [5, 5.41) is 6.96. The second-order valence-electron chi connectivity index (χ2n) is 7.75. The van der Waals surface area contributed by atoms with Crippen LogP contribution in [0.4, 0.5) is 0 Å². The van der Waals surface area contributed by atoms with Gasteiger partial charge in [-0.25, -0.2) is 4.98 Å². The van der Waals surface area contributed by atoms with E-state index in [4.69, 9.17) is 4.74 Å². The molecule has 154 valence electrons. The number of aromatic amines is 1. The lowest BCUT2D eigenvalue weighted by Gasteiger charge is -2.38. The summed E-state index contributed by atoms with van der Waals surface area (Å²) in [6.07, 6.45) is 1.67. The summed E-state index contributed by atoms with van der Waals surface area (Å²) < 4.78 is 6.12. The number of benzene rings is 2. The summed E-state index contributed by atoms with van der Waals surface area (Å²) >= 11 is 0. The fourth-order valence-corrected chi connectivity index (χ4v) is 3.71. The zero-order valence-electron chi connectivity index (χ0n) is 17.0. The van der Waals surface area contributed by atoms with Crippen molar-refractivity contribution in [3.8, 4) is 5.75 Å². The van der Waals surface area contributed by atoms with Crippen LogP contribution in [0.15, 0.2) is 53.5 Å². The van der Waals surface area contributed by atoms with Gasteiger partial charge in [-0.2, -0.15) is 0 Å². The molecule has 2 heterocycles. The molecular weight excluding hydrogens is 477 g/mol. The predicted molar refractivity (Wildman–Crippen MR) is 128 cm³/mol. The van der Waals surface area contributed by atoms with Gasteiger partial charge in [0.25, 0.3) is 0 Å². The molecule has 0 radical (unpaired) electrons. The molecular formula is C22H28IN5O. The van der Waals surface area contributed by atoms with Crippen LogP contribution in [0.2, 0.25) is 0 Å². The van der Waals surface area contributed by atoms with Gasteiger partial charge in [-0.15, -0.1) is 24.0 Å². The van der Waals surface area contributed by atoms with Crippen molar-refractivity contribution in [2.24, 2.45) is 4.99 Å². The van der Waals surface area contributed by atoms with Crippen LogP contribution in [0.5, 0.6) is 5.75 Å². The molecule has 1 aliphatic rings. The topological polar surface area (TPSA) is 74.3 Å². The van der Waals surface area contributed by atoms with Crippen molar-refractivity contribution in [3.63, 3.8) is 0 Å². The standard InChI is InChI=1S/C22H27N5O.HI/c1-22(2)14-18(15-8-4-7-11-19(15)28-22)27-21(23-3)24-13-12-20-25-16-9-5-6-10-17(16)26-20;/h4-11,18H,12-14H2,1-3H3,(H,25,26)(H2,23,24,27);1H. The van der Waals surface area contributed by atoms with Crippen molar-refractivity contribution >= 4 is 41.0 Å². The van der Waals surface area contributed by atoms with Gasteiger partial charge in [-0.05, 0) is 32.0 Å². The minimum Gasteiger partial charge on any atom is -0.487 e. The number of para-hydroxylation sites is 3. The normalized spacial score (nSPS) is 17.8. The molecule has 0 spiro atoms. The monoisotopic (exact) mass is 505 g/mol. The smallest absolute Gasteiger partial charge is 0.191 e. The Morgan fingerprint density at radius 2 is 1.97 bits per heavy atom. The number of hydrogen-bond donors (Lipinski definition) is 3. The summed E-state index contributed by atoms with van der Waals surface area (Å²) in [5.74, 6) is 2.70. The van der Waals surface area contributed by atoms with E-state index in [2.05, 4.69) is 45.5 Å². The van der Waals surface area contributed by atoms with Gasteiger partial charge in [0.1, 0.15) is 17.2 Å². The molecule has 0 fully saturated rings. The first kappa shape index (κ1) is 21.4. The Kier molecular flexibility index (Phi) is 6.66. The molecule has 1 aromatic heterocycles. The number of rotatable bonds is 4. The van der Waals surface area contributed by atoms with Gasteiger partial charge in [-0.1, -0.05) is 30.3 Å². The van der Waals surface area contributed by atoms with Gasteiger partial charge in [0.15, 0.2) is 5.96 Å². The minimum absolute atomic E-state index is 0. The van der Waals surface area contributed by atoms with Crippen LogP contribution in [0.1, 0.15) is 37.7 Å². The SMILES string of the molecule is CN=C(NCCc1nc2ccccc2[nH]1)NC1CC(C)(C)Oc2ccccc21.I. The Morgan fingerprint density at radius 3 is 2.76 bits per heavy atom. The molecule has 0 saturated heterocycles. The molecule has 0 saturated carbocycles. The highest BCUT2D eigenvalue weighted by atomic mass is 127. The molecule has 3 N–H and O–H groups in total. The largest absolute Gasteiger partial charge is 0.487 e. The molecule has 29 heavy (non-hydrogen) atoms. The lowest BCUT2D eigenvalue weighted by molar-refractivity contribution is 0.0694. The van der Waals surface area contributed by atoms with E-state index >= 15 is 0 Å². The summed E-state index contributed by atoms with van der Waals surface area (Å²) in [7, 11) is 1.80. The zero-order valence-corrected chi connectivity index (χ0v) is 19.4. The maximum Gasteiger partial charge on any atom is 0.191 e. The van der Waals surface area contributed by atoms with Gasteiger partial charge in [-0.3, -0.25) is 4.99 Å². The number of aromatic nitrogens is 2. The maximum absolute atomic E-state index is 6.12. The molecule has 1 atom stereocenters.